The van der Waals surface area contributed by atoms with Gasteiger partial charge in [-0.15, -0.1) is 0 Å². The molecule has 4 heteroatoms. The van der Waals surface area contributed by atoms with Crippen molar-refractivity contribution >= 4 is 22.5 Å². The predicted octanol–water partition coefficient (Wildman–Crippen LogP) is 3.37. The van der Waals surface area contributed by atoms with Gasteiger partial charge in [0.15, 0.2) is 0 Å². The fourth-order valence-corrected chi connectivity index (χ4v) is 3.21. The first kappa shape index (κ1) is 15.8. The molecule has 1 aromatic heterocycles. The fraction of sp³-hybridized carbons (Fsp3) is 0.474. The topological polar surface area (TPSA) is 45.2 Å². The molecule has 1 fully saturated rings. The number of piperidine rings is 1. The van der Waals surface area contributed by atoms with Crippen molar-refractivity contribution in [1.82, 2.24) is 10.3 Å². The van der Waals surface area contributed by atoms with E-state index in [0.29, 0.717) is 0 Å². The highest BCUT2D eigenvalue weighted by Gasteiger charge is 2.29. The molecular weight excluding hydrogens is 286 g/mol. The number of fused-ring (bicyclic) bond motifs is 1. The number of anilines is 1. The second-order valence-corrected chi connectivity index (χ2v) is 7.38. The van der Waals surface area contributed by atoms with E-state index in [9.17, 15) is 4.79 Å². The predicted molar refractivity (Wildman–Crippen MR) is 94.6 cm³/mol. The Morgan fingerprint density at radius 1 is 1.26 bits per heavy atom. The molecule has 4 nitrogen and oxygen atoms in total. The van der Waals surface area contributed by atoms with Gasteiger partial charge in [0.1, 0.15) is 5.82 Å². The third kappa shape index (κ3) is 3.63. The monoisotopic (exact) mass is 311 g/mol. The molecule has 1 unspecified atom stereocenters. The number of rotatable bonds is 2. The van der Waals surface area contributed by atoms with Crippen LogP contribution in [-0.2, 0) is 4.79 Å². The maximum atomic E-state index is 12.5. The quantitative estimate of drug-likeness (QED) is 0.925. The standard InChI is InChI=1S/C19H25N3O/c1-19(2,3)21-18(23)15-8-6-12-22(13-15)17-16-9-5-4-7-14(16)10-11-20-17/h4-5,7,9-11,15H,6,8,12-13H2,1-3H3,(H,21,23). The van der Waals surface area contributed by atoms with Crippen LogP contribution in [-0.4, -0.2) is 29.5 Å². The van der Waals surface area contributed by atoms with Gasteiger partial charge in [0.2, 0.25) is 5.91 Å². The van der Waals surface area contributed by atoms with Crippen LogP contribution in [0.5, 0.6) is 0 Å². The van der Waals surface area contributed by atoms with Crippen molar-refractivity contribution in [3.63, 3.8) is 0 Å². The average molecular weight is 311 g/mol. The number of pyridine rings is 1. The summed E-state index contributed by atoms with van der Waals surface area (Å²) in [5, 5.41) is 5.46. The van der Waals surface area contributed by atoms with Gasteiger partial charge in [-0.2, -0.15) is 0 Å². The lowest BCUT2D eigenvalue weighted by molar-refractivity contribution is -0.126. The summed E-state index contributed by atoms with van der Waals surface area (Å²) in [4.78, 5) is 19.4. The molecule has 3 rings (SSSR count). The first-order valence-corrected chi connectivity index (χ1v) is 8.35. The van der Waals surface area contributed by atoms with E-state index in [-0.39, 0.29) is 17.4 Å². The molecule has 1 atom stereocenters. The van der Waals surface area contributed by atoms with Crippen molar-refractivity contribution in [2.45, 2.75) is 39.2 Å². The molecule has 0 bridgehead atoms. The van der Waals surface area contributed by atoms with Crippen LogP contribution < -0.4 is 10.2 Å². The molecule has 1 amide bonds. The fourth-order valence-electron chi connectivity index (χ4n) is 3.21. The summed E-state index contributed by atoms with van der Waals surface area (Å²) in [6.45, 7) is 7.77. The third-order valence-electron chi connectivity index (χ3n) is 4.24. The van der Waals surface area contributed by atoms with Gasteiger partial charge < -0.3 is 10.2 Å². The highest BCUT2D eigenvalue weighted by Crippen LogP contribution is 2.28. The minimum absolute atomic E-state index is 0.0312. The van der Waals surface area contributed by atoms with E-state index < -0.39 is 0 Å². The van der Waals surface area contributed by atoms with Crippen LogP contribution in [0.15, 0.2) is 36.5 Å². The van der Waals surface area contributed by atoms with Crippen LogP contribution >= 0.6 is 0 Å². The summed E-state index contributed by atoms with van der Waals surface area (Å²) in [7, 11) is 0. The largest absolute Gasteiger partial charge is 0.355 e. The number of carbonyl (C=O) groups is 1. The van der Waals surface area contributed by atoms with Crippen molar-refractivity contribution in [3.05, 3.63) is 36.5 Å². The highest BCUT2D eigenvalue weighted by molar-refractivity contribution is 5.92. The Bertz CT molecular complexity index is 700. The van der Waals surface area contributed by atoms with Crippen LogP contribution in [0.1, 0.15) is 33.6 Å². The second-order valence-electron chi connectivity index (χ2n) is 7.38. The first-order valence-electron chi connectivity index (χ1n) is 8.35. The van der Waals surface area contributed by atoms with Gasteiger partial charge in [0.25, 0.3) is 0 Å². The number of aromatic nitrogens is 1. The SMILES string of the molecule is CC(C)(C)NC(=O)C1CCCN(c2nccc3ccccc23)C1. The molecule has 1 aliphatic heterocycles. The van der Waals surface area contributed by atoms with Gasteiger partial charge in [-0.05, 0) is 45.1 Å². The molecule has 122 valence electrons. The molecule has 0 spiro atoms. The Kier molecular flexibility index (Phi) is 4.24. The lowest BCUT2D eigenvalue weighted by Gasteiger charge is -2.35. The summed E-state index contributed by atoms with van der Waals surface area (Å²) < 4.78 is 0. The number of nitrogens with one attached hydrogen (secondary N) is 1. The van der Waals surface area contributed by atoms with E-state index in [2.05, 4.69) is 27.3 Å². The average Bonchev–Trinajstić information content (AvgIpc) is 2.53. The van der Waals surface area contributed by atoms with Gasteiger partial charge in [-0.1, -0.05) is 24.3 Å². The van der Waals surface area contributed by atoms with E-state index in [1.807, 2.05) is 45.2 Å². The zero-order valence-corrected chi connectivity index (χ0v) is 14.2. The minimum Gasteiger partial charge on any atom is -0.355 e. The smallest absolute Gasteiger partial charge is 0.225 e. The molecule has 1 saturated heterocycles. The molecule has 2 aromatic rings. The van der Waals surface area contributed by atoms with Gasteiger partial charge in [-0.3, -0.25) is 4.79 Å². The van der Waals surface area contributed by atoms with E-state index in [0.717, 1.165) is 37.1 Å². The molecule has 0 radical (unpaired) electrons. The number of hydrogen-bond donors (Lipinski definition) is 1. The highest BCUT2D eigenvalue weighted by atomic mass is 16.2. The molecule has 1 aromatic carbocycles. The summed E-state index contributed by atoms with van der Waals surface area (Å²) in [6.07, 6.45) is 3.83. The minimum atomic E-state index is -0.183. The van der Waals surface area contributed by atoms with E-state index >= 15 is 0 Å². The number of amides is 1. The zero-order chi connectivity index (χ0) is 16.4. The maximum absolute atomic E-state index is 12.5. The number of nitrogens with zero attached hydrogens (tertiary/aromatic N) is 2. The molecule has 2 heterocycles. The van der Waals surface area contributed by atoms with E-state index in [1.165, 1.54) is 5.39 Å². The van der Waals surface area contributed by atoms with Crippen molar-refractivity contribution in [3.8, 4) is 0 Å². The van der Waals surface area contributed by atoms with Gasteiger partial charge in [0.05, 0.1) is 5.92 Å². The molecule has 0 saturated carbocycles. The summed E-state index contributed by atoms with van der Waals surface area (Å²) >= 11 is 0. The van der Waals surface area contributed by atoms with E-state index in [4.69, 9.17) is 0 Å². The molecule has 1 N–H and O–H groups in total. The van der Waals surface area contributed by atoms with Crippen LogP contribution in [0.3, 0.4) is 0 Å². The number of carbonyl (C=O) groups excluding carboxylic acids is 1. The van der Waals surface area contributed by atoms with Gasteiger partial charge in [-0.25, -0.2) is 4.98 Å². The Morgan fingerprint density at radius 2 is 2.04 bits per heavy atom. The van der Waals surface area contributed by atoms with Crippen LogP contribution in [0, 0.1) is 5.92 Å². The Labute approximate surface area is 137 Å². The van der Waals surface area contributed by atoms with Crippen molar-refractivity contribution < 1.29 is 4.79 Å². The van der Waals surface area contributed by atoms with Gasteiger partial charge in [0, 0.05) is 30.2 Å². The lowest BCUT2D eigenvalue weighted by Crippen LogP contribution is -2.48. The Balaban J connectivity index is 1.82. The van der Waals surface area contributed by atoms with Crippen LogP contribution in [0.2, 0.25) is 0 Å². The first-order chi connectivity index (χ1) is 10.9. The number of hydrogen-bond acceptors (Lipinski definition) is 3. The number of benzene rings is 1. The maximum Gasteiger partial charge on any atom is 0.225 e. The molecular formula is C19H25N3O. The van der Waals surface area contributed by atoms with Crippen LogP contribution in [0.4, 0.5) is 5.82 Å². The van der Waals surface area contributed by atoms with E-state index in [1.54, 1.807) is 0 Å². The summed E-state index contributed by atoms with van der Waals surface area (Å²) in [6, 6.07) is 10.3. The van der Waals surface area contributed by atoms with Crippen molar-refractivity contribution in [2.75, 3.05) is 18.0 Å². The summed E-state index contributed by atoms with van der Waals surface area (Å²) in [5.74, 6) is 1.18. The molecule has 23 heavy (non-hydrogen) atoms. The summed E-state index contributed by atoms with van der Waals surface area (Å²) in [5.41, 5.74) is -0.183. The lowest BCUT2D eigenvalue weighted by atomic mass is 9.95. The Morgan fingerprint density at radius 3 is 2.83 bits per heavy atom. The molecule has 1 aliphatic rings. The zero-order valence-electron chi connectivity index (χ0n) is 14.2. The van der Waals surface area contributed by atoms with Crippen molar-refractivity contribution in [1.29, 1.82) is 0 Å². The Hall–Kier alpha value is -2.10. The third-order valence-corrected chi connectivity index (χ3v) is 4.24. The normalized spacial score (nSPS) is 18.9. The van der Waals surface area contributed by atoms with Crippen LogP contribution in [0.25, 0.3) is 10.8 Å². The molecule has 0 aliphatic carbocycles. The van der Waals surface area contributed by atoms with Crippen molar-refractivity contribution in [2.24, 2.45) is 5.92 Å². The second kappa shape index (κ2) is 6.19. The van der Waals surface area contributed by atoms with Gasteiger partial charge >= 0.3 is 0 Å².